The summed E-state index contributed by atoms with van der Waals surface area (Å²) < 4.78 is 4.97. The molecule has 1 aromatic carbocycles. The molecule has 3 rings (SSSR count). The summed E-state index contributed by atoms with van der Waals surface area (Å²) in [4.78, 5) is 23.0. The Morgan fingerprint density at radius 2 is 2.00 bits per heavy atom. The Kier molecular flexibility index (Phi) is 6.34. The number of aliphatic hydroxyl groups excluding tert-OH is 1. The Morgan fingerprint density at radius 3 is 2.65 bits per heavy atom. The summed E-state index contributed by atoms with van der Waals surface area (Å²) in [6, 6.07) is 9.92. The molecule has 1 N–H and O–H groups in total. The summed E-state index contributed by atoms with van der Waals surface area (Å²) >= 11 is 7.56. The van der Waals surface area contributed by atoms with Gasteiger partial charge in [-0.05, 0) is 30.0 Å². The minimum absolute atomic E-state index is 0.0920. The second-order valence-corrected chi connectivity index (χ2v) is 7.28. The standard InChI is InChI=1S/C18H20ClN3O3S/c1-25-17(24)14-15(22-9-7-13(23)8-10-22)20-18(19)21-16(14)26-11-12-5-3-2-4-6-12/h2-6,13,23H,7-11H2,1H3. The first-order chi connectivity index (χ1) is 12.6. The van der Waals surface area contributed by atoms with Gasteiger partial charge in [-0.3, -0.25) is 0 Å². The van der Waals surface area contributed by atoms with E-state index < -0.39 is 5.97 Å². The van der Waals surface area contributed by atoms with Gasteiger partial charge in [-0.1, -0.05) is 30.3 Å². The van der Waals surface area contributed by atoms with Gasteiger partial charge in [-0.15, -0.1) is 11.8 Å². The third-order valence-corrected chi connectivity index (χ3v) is 5.42. The molecule has 0 amide bonds. The molecule has 1 fully saturated rings. The number of aromatic nitrogens is 2. The van der Waals surface area contributed by atoms with E-state index in [-0.39, 0.29) is 11.4 Å². The van der Waals surface area contributed by atoms with Gasteiger partial charge < -0.3 is 14.7 Å². The Hall–Kier alpha value is -1.83. The Morgan fingerprint density at radius 1 is 1.31 bits per heavy atom. The molecule has 1 aliphatic rings. The first-order valence-electron chi connectivity index (χ1n) is 8.34. The van der Waals surface area contributed by atoms with Crippen LogP contribution >= 0.6 is 23.4 Å². The highest BCUT2D eigenvalue weighted by Crippen LogP contribution is 2.33. The third-order valence-electron chi connectivity index (χ3n) is 4.20. The highest BCUT2D eigenvalue weighted by atomic mass is 35.5. The zero-order chi connectivity index (χ0) is 18.5. The molecule has 0 unspecified atom stereocenters. The van der Waals surface area contributed by atoms with Crippen molar-refractivity contribution in [3.8, 4) is 0 Å². The molecule has 0 radical (unpaired) electrons. The van der Waals surface area contributed by atoms with E-state index in [1.807, 2.05) is 35.2 Å². The highest BCUT2D eigenvalue weighted by Gasteiger charge is 2.28. The summed E-state index contributed by atoms with van der Waals surface area (Å²) in [5.41, 5.74) is 1.44. The lowest BCUT2D eigenvalue weighted by atomic mass is 10.1. The Balaban J connectivity index is 1.93. The van der Waals surface area contributed by atoms with Crippen LogP contribution in [0.3, 0.4) is 0 Å². The predicted molar refractivity (Wildman–Crippen MR) is 102 cm³/mol. The normalized spacial score (nSPS) is 15.1. The van der Waals surface area contributed by atoms with Crippen molar-refractivity contribution in [3.63, 3.8) is 0 Å². The largest absolute Gasteiger partial charge is 0.465 e. The number of rotatable bonds is 5. The number of thioether (sulfide) groups is 1. The first kappa shape index (κ1) is 18.9. The van der Waals surface area contributed by atoms with Gasteiger partial charge in [0.1, 0.15) is 16.4 Å². The van der Waals surface area contributed by atoms with E-state index in [0.717, 1.165) is 5.56 Å². The smallest absolute Gasteiger partial charge is 0.344 e. The first-order valence-corrected chi connectivity index (χ1v) is 9.70. The van der Waals surface area contributed by atoms with E-state index in [1.165, 1.54) is 18.9 Å². The second-order valence-electron chi connectivity index (χ2n) is 5.98. The highest BCUT2D eigenvalue weighted by molar-refractivity contribution is 7.98. The van der Waals surface area contributed by atoms with Gasteiger partial charge in [0.05, 0.1) is 13.2 Å². The minimum Gasteiger partial charge on any atom is -0.465 e. The van der Waals surface area contributed by atoms with Crippen molar-refractivity contribution in [2.45, 2.75) is 29.7 Å². The van der Waals surface area contributed by atoms with Crippen LogP contribution in [0.25, 0.3) is 0 Å². The molecule has 8 heteroatoms. The van der Waals surface area contributed by atoms with Crippen molar-refractivity contribution in [1.82, 2.24) is 9.97 Å². The van der Waals surface area contributed by atoms with E-state index in [1.54, 1.807) is 0 Å². The lowest BCUT2D eigenvalue weighted by Crippen LogP contribution is -2.37. The topological polar surface area (TPSA) is 75.5 Å². The molecule has 0 saturated carbocycles. The molecule has 0 aliphatic carbocycles. The fourth-order valence-corrected chi connectivity index (χ4v) is 4.00. The number of nitrogens with zero attached hydrogens (tertiary/aromatic N) is 3. The third kappa shape index (κ3) is 4.47. The molecular formula is C18H20ClN3O3S. The summed E-state index contributed by atoms with van der Waals surface area (Å²) in [6.45, 7) is 1.20. The zero-order valence-corrected chi connectivity index (χ0v) is 16.0. The fourth-order valence-electron chi connectivity index (χ4n) is 2.82. The van der Waals surface area contributed by atoms with Gasteiger partial charge in [0.25, 0.3) is 0 Å². The molecule has 0 bridgehead atoms. The molecule has 2 aromatic rings. The van der Waals surface area contributed by atoms with Crippen LogP contribution in [0.1, 0.15) is 28.8 Å². The molecule has 6 nitrogen and oxygen atoms in total. The Bertz CT molecular complexity index is 768. The Labute approximate surface area is 161 Å². The van der Waals surface area contributed by atoms with Crippen molar-refractivity contribution >= 4 is 35.1 Å². The van der Waals surface area contributed by atoms with Crippen molar-refractivity contribution in [2.75, 3.05) is 25.1 Å². The van der Waals surface area contributed by atoms with Crippen LogP contribution in [0.2, 0.25) is 5.28 Å². The zero-order valence-electron chi connectivity index (χ0n) is 14.4. The van der Waals surface area contributed by atoms with Crippen LogP contribution in [-0.4, -0.2) is 47.3 Å². The SMILES string of the molecule is COC(=O)c1c(SCc2ccccc2)nc(Cl)nc1N1CCC(O)CC1. The van der Waals surface area contributed by atoms with Gasteiger partial charge >= 0.3 is 5.97 Å². The van der Waals surface area contributed by atoms with Crippen LogP contribution in [0.4, 0.5) is 5.82 Å². The minimum atomic E-state index is -0.488. The number of benzene rings is 1. The molecule has 26 heavy (non-hydrogen) atoms. The summed E-state index contributed by atoms with van der Waals surface area (Å²) in [7, 11) is 1.34. The number of carbonyl (C=O) groups is 1. The maximum absolute atomic E-state index is 12.5. The monoisotopic (exact) mass is 393 g/mol. The number of piperidine rings is 1. The van der Waals surface area contributed by atoms with Crippen LogP contribution < -0.4 is 4.90 Å². The summed E-state index contributed by atoms with van der Waals surface area (Å²) in [5.74, 6) is 0.633. The molecule has 2 heterocycles. The molecule has 1 aromatic heterocycles. The average Bonchev–Trinajstić information content (AvgIpc) is 2.66. The summed E-state index contributed by atoms with van der Waals surface area (Å²) in [5, 5.41) is 10.3. The number of aliphatic hydroxyl groups is 1. The van der Waals surface area contributed by atoms with E-state index in [9.17, 15) is 9.90 Å². The lowest BCUT2D eigenvalue weighted by molar-refractivity contribution is 0.0596. The van der Waals surface area contributed by atoms with Crippen LogP contribution in [0, 0.1) is 0 Å². The van der Waals surface area contributed by atoms with Gasteiger partial charge in [0.15, 0.2) is 0 Å². The maximum atomic E-state index is 12.5. The van der Waals surface area contributed by atoms with Crippen LogP contribution in [0.15, 0.2) is 35.4 Å². The van der Waals surface area contributed by atoms with Crippen molar-refractivity contribution in [2.24, 2.45) is 0 Å². The number of esters is 1. The number of hydrogen-bond acceptors (Lipinski definition) is 7. The number of carbonyl (C=O) groups excluding carboxylic acids is 1. The fraction of sp³-hybridized carbons (Fsp3) is 0.389. The number of ether oxygens (including phenoxy) is 1. The molecular weight excluding hydrogens is 374 g/mol. The molecule has 0 spiro atoms. The number of methoxy groups -OCH3 is 1. The predicted octanol–water partition coefficient (Wildman–Crippen LogP) is 3.17. The quantitative estimate of drug-likeness (QED) is 0.362. The van der Waals surface area contributed by atoms with Gasteiger partial charge in [-0.2, -0.15) is 4.98 Å². The van der Waals surface area contributed by atoms with E-state index in [2.05, 4.69) is 9.97 Å². The number of hydrogen-bond donors (Lipinski definition) is 1. The molecule has 138 valence electrons. The summed E-state index contributed by atoms with van der Waals surface area (Å²) in [6.07, 6.45) is 0.917. The molecule has 1 aliphatic heterocycles. The second kappa shape index (κ2) is 8.70. The van der Waals surface area contributed by atoms with Gasteiger partial charge in [-0.25, -0.2) is 9.78 Å². The average molecular weight is 394 g/mol. The van der Waals surface area contributed by atoms with Crippen LogP contribution in [-0.2, 0) is 10.5 Å². The van der Waals surface area contributed by atoms with Crippen molar-refractivity contribution < 1.29 is 14.6 Å². The maximum Gasteiger partial charge on any atom is 0.344 e. The lowest BCUT2D eigenvalue weighted by Gasteiger charge is -2.31. The number of anilines is 1. The number of halogens is 1. The van der Waals surface area contributed by atoms with Gasteiger partial charge in [0.2, 0.25) is 5.28 Å². The van der Waals surface area contributed by atoms with E-state index in [4.69, 9.17) is 16.3 Å². The van der Waals surface area contributed by atoms with Crippen LogP contribution in [0.5, 0.6) is 0 Å². The van der Waals surface area contributed by atoms with Crippen molar-refractivity contribution in [3.05, 3.63) is 46.7 Å². The van der Waals surface area contributed by atoms with Gasteiger partial charge in [0, 0.05) is 18.8 Å². The van der Waals surface area contributed by atoms with E-state index in [0.29, 0.717) is 48.1 Å². The molecule has 0 atom stereocenters. The van der Waals surface area contributed by atoms with Crippen molar-refractivity contribution in [1.29, 1.82) is 0 Å². The van der Waals surface area contributed by atoms with E-state index >= 15 is 0 Å². The molecule has 1 saturated heterocycles.